The highest BCUT2D eigenvalue weighted by atomic mass is 16.5. The summed E-state index contributed by atoms with van der Waals surface area (Å²) in [4.78, 5) is 26.8. The summed E-state index contributed by atoms with van der Waals surface area (Å²) in [5.74, 6) is 4.45. The number of aromatic nitrogens is 2. The van der Waals surface area contributed by atoms with Crippen LogP contribution in [0.2, 0.25) is 0 Å². The van der Waals surface area contributed by atoms with Crippen molar-refractivity contribution in [3.63, 3.8) is 0 Å². The van der Waals surface area contributed by atoms with Crippen LogP contribution in [0.3, 0.4) is 0 Å². The van der Waals surface area contributed by atoms with Gasteiger partial charge in [-0.3, -0.25) is 4.79 Å². The number of esters is 1. The van der Waals surface area contributed by atoms with Crippen molar-refractivity contribution in [2.24, 2.45) is 51.2 Å². The molecule has 47 heavy (non-hydrogen) atoms. The standard InChI is InChI=1S/C42H59N3O2/c1-26-18-21-42(37(46)47-25-29-14-12-11-13-15-29)23-22-40(7)31(34(42)27(26)2)16-17-33-39(6)24-30-35(43-28(3)44-36(30)45(9)10)38(4,5)32(39)19-20-41(33,40)8/h11-16,26-27,32-34H,17-25H2,1-10H3/t26-,27-,32+,33-,34-,39+,40+,41-,42-/m0/s1. The molecule has 3 fully saturated rings. The second-order valence-electron chi connectivity index (χ2n) is 18.1. The molecule has 0 bridgehead atoms. The Bertz CT molecular complexity index is 1600. The second kappa shape index (κ2) is 10.9. The number of hydrogen-bond acceptors (Lipinski definition) is 5. The predicted molar refractivity (Wildman–Crippen MR) is 190 cm³/mol. The molecule has 5 aliphatic carbocycles. The number of fused-ring (bicyclic) bond motifs is 8. The summed E-state index contributed by atoms with van der Waals surface area (Å²) in [7, 11) is 4.27. The molecular formula is C42H59N3O2. The van der Waals surface area contributed by atoms with Crippen LogP contribution in [0.25, 0.3) is 0 Å². The summed E-state index contributed by atoms with van der Waals surface area (Å²) in [5, 5.41) is 0. The molecule has 0 saturated heterocycles. The fourth-order valence-corrected chi connectivity index (χ4v) is 12.7. The fraction of sp³-hybridized carbons (Fsp3) is 0.690. The average Bonchev–Trinajstić information content (AvgIpc) is 3.02. The lowest BCUT2D eigenvalue weighted by atomic mass is 9.33. The molecule has 1 aromatic heterocycles. The number of ether oxygens (including phenoxy) is 1. The minimum absolute atomic E-state index is 0.0232. The van der Waals surface area contributed by atoms with Gasteiger partial charge in [-0.25, -0.2) is 9.97 Å². The van der Waals surface area contributed by atoms with Crippen molar-refractivity contribution in [1.29, 1.82) is 0 Å². The Morgan fingerprint density at radius 1 is 0.936 bits per heavy atom. The molecule has 1 aromatic carbocycles. The normalized spacial score (nSPS) is 40.0. The van der Waals surface area contributed by atoms with E-state index in [1.807, 2.05) is 18.2 Å². The van der Waals surface area contributed by atoms with Gasteiger partial charge in [-0.15, -0.1) is 0 Å². The van der Waals surface area contributed by atoms with Crippen LogP contribution < -0.4 is 4.90 Å². The van der Waals surface area contributed by atoms with Crippen LogP contribution in [0.5, 0.6) is 0 Å². The lowest BCUT2D eigenvalue weighted by Gasteiger charge is -2.71. The molecule has 3 saturated carbocycles. The molecule has 0 N–H and O–H groups in total. The van der Waals surface area contributed by atoms with Crippen LogP contribution in [0.1, 0.15) is 116 Å². The highest BCUT2D eigenvalue weighted by Gasteiger charge is 2.69. The molecule has 5 heteroatoms. The van der Waals surface area contributed by atoms with E-state index in [1.165, 1.54) is 24.1 Å². The number of carbonyl (C=O) groups is 1. The Morgan fingerprint density at radius 3 is 2.36 bits per heavy atom. The maximum absolute atomic E-state index is 14.4. The molecule has 0 radical (unpaired) electrons. The van der Waals surface area contributed by atoms with Gasteiger partial charge in [-0.2, -0.15) is 0 Å². The Morgan fingerprint density at radius 2 is 1.66 bits per heavy atom. The number of allylic oxidation sites excluding steroid dienone is 2. The van der Waals surface area contributed by atoms with Gasteiger partial charge in [0.2, 0.25) is 0 Å². The molecule has 2 aromatic rings. The molecule has 0 amide bonds. The summed E-state index contributed by atoms with van der Waals surface area (Å²) in [5.41, 5.74) is 5.21. The largest absolute Gasteiger partial charge is 0.460 e. The van der Waals surface area contributed by atoms with Crippen LogP contribution in [0.4, 0.5) is 5.82 Å². The minimum atomic E-state index is -0.419. The second-order valence-corrected chi connectivity index (χ2v) is 18.1. The Hall–Kier alpha value is -2.69. The van der Waals surface area contributed by atoms with E-state index >= 15 is 0 Å². The van der Waals surface area contributed by atoms with Crippen molar-refractivity contribution in [2.45, 2.75) is 119 Å². The van der Waals surface area contributed by atoms with Gasteiger partial charge >= 0.3 is 5.97 Å². The summed E-state index contributed by atoms with van der Waals surface area (Å²) in [6.07, 6.45) is 11.3. The lowest BCUT2D eigenvalue weighted by molar-refractivity contribution is -0.184. The van der Waals surface area contributed by atoms with E-state index in [4.69, 9.17) is 14.7 Å². The van der Waals surface area contributed by atoms with E-state index in [0.29, 0.717) is 30.3 Å². The molecule has 5 nitrogen and oxygen atoms in total. The topological polar surface area (TPSA) is 55.3 Å². The maximum Gasteiger partial charge on any atom is 0.313 e. The molecule has 5 aliphatic rings. The molecule has 0 spiro atoms. The van der Waals surface area contributed by atoms with Gasteiger partial charge in [0.1, 0.15) is 18.2 Å². The number of nitrogens with zero attached hydrogens (tertiary/aromatic N) is 3. The van der Waals surface area contributed by atoms with E-state index in [0.717, 1.165) is 55.7 Å². The lowest BCUT2D eigenvalue weighted by Crippen LogP contribution is -2.65. The van der Waals surface area contributed by atoms with Crippen molar-refractivity contribution in [3.8, 4) is 0 Å². The molecule has 9 atom stereocenters. The Balaban J connectivity index is 1.29. The summed E-state index contributed by atoms with van der Waals surface area (Å²) in [6.45, 7) is 20.1. The summed E-state index contributed by atoms with van der Waals surface area (Å²) < 4.78 is 6.26. The quantitative estimate of drug-likeness (QED) is 0.247. The highest BCUT2D eigenvalue weighted by molar-refractivity contribution is 5.79. The van der Waals surface area contributed by atoms with Crippen molar-refractivity contribution in [1.82, 2.24) is 9.97 Å². The number of rotatable bonds is 4. The van der Waals surface area contributed by atoms with Crippen molar-refractivity contribution >= 4 is 11.8 Å². The smallest absolute Gasteiger partial charge is 0.313 e. The van der Waals surface area contributed by atoms with Crippen molar-refractivity contribution < 1.29 is 9.53 Å². The average molecular weight is 638 g/mol. The highest BCUT2D eigenvalue weighted by Crippen LogP contribution is 2.75. The fourth-order valence-electron chi connectivity index (χ4n) is 12.7. The molecular weight excluding hydrogens is 578 g/mol. The van der Waals surface area contributed by atoms with Gasteiger partial charge in [-0.05, 0) is 110 Å². The van der Waals surface area contributed by atoms with Crippen LogP contribution in [0.15, 0.2) is 42.0 Å². The van der Waals surface area contributed by atoms with E-state index in [2.05, 4.69) is 92.6 Å². The third-order valence-corrected chi connectivity index (χ3v) is 15.4. The number of carbonyl (C=O) groups excluding carboxylic acids is 1. The zero-order valence-corrected chi connectivity index (χ0v) is 30.9. The number of hydrogen-bond donors (Lipinski definition) is 0. The summed E-state index contributed by atoms with van der Waals surface area (Å²) >= 11 is 0. The number of anilines is 1. The predicted octanol–water partition coefficient (Wildman–Crippen LogP) is 9.27. The SMILES string of the molecule is Cc1nc(N(C)C)c2c(n1)C(C)(C)[C@H]1CC[C@@]3(C)[C@@H](CC=C4[C@@H]5[C@@H](C)[C@@H](C)CC[C@]5(C(=O)OCc5ccccc5)CC[C@]43C)[C@]1(C)C2. The van der Waals surface area contributed by atoms with Crippen LogP contribution >= 0.6 is 0 Å². The van der Waals surface area contributed by atoms with Crippen LogP contribution in [0, 0.1) is 58.2 Å². The van der Waals surface area contributed by atoms with Gasteiger partial charge in [0.15, 0.2) is 0 Å². The number of aryl methyl sites for hydroxylation is 1. The molecule has 7 rings (SSSR count). The maximum atomic E-state index is 14.4. The third-order valence-electron chi connectivity index (χ3n) is 15.4. The summed E-state index contributed by atoms with van der Waals surface area (Å²) in [6, 6.07) is 10.2. The third kappa shape index (κ3) is 4.49. The molecule has 0 aliphatic heterocycles. The van der Waals surface area contributed by atoms with E-state index in [9.17, 15) is 4.79 Å². The van der Waals surface area contributed by atoms with Gasteiger partial charge in [0, 0.05) is 25.1 Å². The first kappa shape index (κ1) is 32.8. The minimum Gasteiger partial charge on any atom is -0.460 e. The van der Waals surface area contributed by atoms with Crippen LogP contribution in [-0.2, 0) is 28.0 Å². The first-order valence-corrected chi connectivity index (χ1v) is 18.6. The molecule has 0 unspecified atom stereocenters. The molecule has 1 heterocycles. The van der Waals surface area contributed by atoms with Gasteiger partial charge in [0.05, 0.1) is 11.1 Å². The first-order valence-electron chi connectivity index (χ1n) is 18.6. The van der Waals surface area contributed by atoms with E-state index in [1.54, 1.807) is 5.57 Å². The Labute approximate surface area is 284 Å². The zero-order chi connectivity index (χ0) is 33.7. The van der Waals surface area contributed by atoms with Crippen molar-refractivity contribution in [3.05, 3.63) is 64.6 Å². The van der Waals surface area contributed by atoms with Gasteiger partial charge < -0.3 is 9.64 Å². The van der Waals surface area contributed by atoms with E-state index < -0.39 is 5.41 Å². The number of benzene rings is 1. The zero-order valence-electron chi connectivity index (χ0n) is 30.9. The first-order chi connectivity index (χ1) is 22.1. The van der Waals surface area contributed by atoms with Crippen LogP contribution in [-0.4, -0.2) is 30.0 Å². The van der Waals surface area contributed by atoms with Crippen molar-refractivity contribution in [2.75, 3.05) is 19.0 Å². The van der Waals surface area contributed by atoms with Gasteiger partial charge in [-0.1, -0.05) is 90.4 Å². The monoisotopic (exact) mass is 637 g/mol. The Kier molecular flexibility index (Phi) is 7.62. The van der Waals surface area contributed by atoms with Gasteiger partial charge in [0.25, 0.3) is 0 Å². The van der Waals surface area contributed by atoms with E-state index in [-0.39, 0.29) is 33.5 Å². The molecule has 254 valence electrons.